The molecule has 1 aliphatic rings. The Morgan fingerprint density at radius 2 is 1.89 bits per heavy atom. The van der Waals surface area contributed by atoms with Gasteiger partial charge in [0.2, 0.25) is 0 Å². The van der Waals surface area contributed by atoms with Crippen LogP contribution in [0.15, 0.2) is 36.4 Å². The number of carbonyl (C=O) groups is 1. The van der Waals surface area contributed by atoms with E-state index in [4.69, 9.17) is 0 Å². The van der Waals surface area contributed by atoms with Gasteiger partial charge in [-0.15, -0.1) is 0 Å². The van der Waals surface area contributed by atoms with E-state index in [0.717, 1.165) is 29.4 Å². The molecule has 0 spiro atoms. The maximum absolute atomic E-state index is 12.4. The molecule has 1 saturated heterocycles. The molecular weight excluding hydrogens is 240 g/mol. The number of para-hydroxylation sites is 1. The average Bonchev–Trinajstić information content (AvgIpc) is 2.65. The average molecular weight is 256 g/mol. The normalized spacial score (nSPS) is 16.6. The summed E-state index contributed by atoms with van der Waals surface area (Å²) in [6, 6.07) is 11.1. The van der Waals surface area contributed by atoms with Gasteiger partial charge in [0.1, 0.15) is 5.52 Å². The van der Waals surface area contributed by atoms with Crippen LogP contribution in [0.25, 0.3) is 10.9 Å². The fourth-order valence-corrected chi connectivity index (χ4v) is 2.59. The molecule has 1 aliphatic heterocycles. The molecule has 1 aromatic carbocycles. The summed E-state index contributed by atoms with van der Waals surface area (Å²) in [4.78, 5) is 13.7. The van der Waals surface area contributed by atoms with E-state index < -0.39 is 0 Å². The lowest BCUT2D eigenvalue weighted by Crippen LogP contribution is -2.41. The minimum Gasteiger partial charge on any atom is -0.710 e. The first-order valence-corrected chi connectivity index (χ1v) is 6.69. The summed E-state index contributed by atoms with van der Waals surface area (Å²) in [7, 11) is 0. The number of amides is 1. The third-order valence-electron chi connectivity index (χ3n) is 3.63. The lowest BCUT2D eigenvalue weighted by molar-refractivity contribution is -0.563. The van der Waals surface area contributed by atoms with Crippen LogP contribution >= 0.6 is 0 Å². The summed E-state index contributed by atoms with van der Waals surface area (Å²) in [6.45, 7) is 0.638. The van der Waals surface area contributed by atoms with Crippen LogP contribution in [0.2, 0.25) is 0 Å². The number of carbonyl (C=O) groups excluding carboxylic acids is 1. The molecule has 0 atom stereocenters. The van der Waals surface area contributed by atoms with Crippen molar-refractivity contribution < 1.29 is 9.52 Å². The predicted molar refractivity (Wildman–Crippen MR) is 73.7 cm³/mol. The molecule has 1 amide bonds. The summed E-state index contributed by atoms with van der Waals surface area (Å²) in [5.41, 5.74) is 0.608. The molecule has 0 bridgehead atoms. The third-order valence-corrected chi connectivity index (χ3v) is 3.63. The first-order chi connectivity index (χ1) is 9.27. The zero-order valence-corrected chi connectivity index (χ0v) is 10.7. The summed E-state index contributed by atoms with van der Waals surface area (Å²) in [5.74, 6) is 0.503. The molecule has 19 heavy (non-hydrogen) atoms. The monoisotopic (exact) mass is 256 g/mol. The van der Waals surface area contributed by atoms with Gasteiger partial charge in [-0.25, -0.2) is 9.52 Å². The highest BCUT2D eigenvalue weighted by Crippen LogP contribution is 2.20. The fraction of sp³-hybridized carbons (Fsp3) is 0.333. The van der Waals surface area contributed by atoms with E-state index in [2.05, 4.69) is 0 Å². The fourth-order valence-electron chi connectivity index (χ4n) is 2.59. The zero-order chi connectivity index (χ0) is 13.2. The van der Waals surface area contributed by atoms with Crippen molar-refractivity contribution >= 4 is 22.6 Å². The molecular formula is C15H16N2O2. The second kappa shape index (κ2) is 4.88. The Labute approximate surface area is 111 Å². The van der Waals surface area contributed by atoms with Gasteiger partial charge in [-0.3, -0.25) is 0 Å². The quantitative estimate of drug-likeness (QED) is 0.581. The SMILES string of the molecule is O=C1CCCCCN1c1ccc2ccccc2[n+]1[O-]. The number of hydrogen-bond donors (Lipinski definition) is 0. The minimum atomic E-state index is 0.0531. The van der Waals surface area contributed by atoms with Crippen LogP contribution in [0.3, 0.4) is 0 Å². The molecule has 2 aromatic rings. The van der Waals surface area contributed by atoms with Crippen LogP contribution < -0.4 is 9.63 Å². The van der Waals surface area contributed by atoms with Gasteiger partial charge in [0.25, 0.3) is 5.82 Å². The third kappa shape index (κ3) is 2.14. The van der Waals surface area contributed by atoms with E-state index in [1.807, 2.05) is 24.3 Å². The highest BCUT2D eigenvalue weighted by atomic mass is 16.5. The van der Waals surface area contributed by atoms with Crippen molar-refractivity contribution in [2.24, 2.45) is 0 Å². The van der Waals surface area contributed by atoms with Crippen molar-refractivity contribution in [3.8, 4) is 0 Å². The first kappa shape index (κ1) is 12.0. The molecule has 2 heterocycles. The summed E-state index contributed by atoms with van der Waals surface area (Å²) in [6.07, 6.45) is 3.46. The van der Waals surface area contributed by atoms with Gasteiger partial charge in [0, 0.05) is 17.9 Å². The highest BCUT2D eigenvalue weighted by Gasteiger charge is 2.27. The molecule has 0 N–H and O–H groups in total. The lowest BCUT2D eigenvalue weighted by atomic mass is 10.2. The van der Waals surface area contributed by atoms with Crippen molar-refractivity contribution in [2.75, 3.05) is 11.4 Å². The van der Waals surface area contributed by atoms with Gasteiger partial charge in [-0.05, 0) is 31.4 Å². The van der Waals surface area contributed by atoms with Gasteiger partial charge >= 0.3 is 5.91 Å². The first-order valence-electron chi connectivity index (χ1n) is 6.69. The van der Waals surface area contributed by atoms with Gasteiger partial charge in [0.15, 0.2) is 0 Å². The maximum Gasteiger partial charge on any atom is 0.309 e. The van der Waals surface area contributed by atoms with Gasteiger partial charge in [-0.1, -0.05) is 18.2 Å². The molecule has 98 valence electrons. The van der Waals surface area contributed by atoms with Crippen LogP contribution in [0.5, 0.6) is 0 Å². The Hall–Kier alpha value is -2.10. The molecule has 0 saturated carbocycles. The van der Waals surface area contributed by atoms with Crippen LogP contribution in [-0.4, -0.2) is 12.5 Å². The highest BCUT2D eigenvalue weighted by molar-refractivity contribution is 5.92. The number of rotatable bonds is 1. The zero-order valence-electron chi connectivity index (χ0n) is 10.7. The van der Waals surface area contributed by atoms with Crippen molar-refractivity contribution in [1.29, 1.82) is 0 Å². The van der Waals surface area contributed by atoms with E-state index in [1.54, 1.807) is 17.0 Å². The number of benzene rings is 1. The summed E-state index contributed by atoms with van der Waals surface area (Å²) >= 11 is 0. The van der Waals surface area contributed by atoms with Gasteiger partial charge in [-0.2, -0.15) is 4.90 Å². The Kier molecular flexibility index (Phi) is 3.07. The number of pyridine rings is 1. The molecule has 0 unspecified atom stereocenters. The van der Waals surface area contributed by atoms with Crippen LogP contribution in [0.1, 0.15) is 25.7 Å². The molecule has 4 nitrogen and oxygen atoms in total. The predicted octanol–water partition coefficient (Wildman–Crippen LogP) is 2.38. The Bertz CT molecular complexity index is 625. The second-order valence-electron chi connectivity index (χ2n) is 4.90. The van der Waals surface area contributed by atoms with Crippen LogP contribution in [0, 0.1) is 5.21 Å². The van der Waals surface area contributed by atoms with Crippen molar-refractivity contribution in [1.82, 2.24) is 0 Å². The number of fused-ring (bicyclic) bond motifs is 1. The molecule has 0 aliphatic carbocycles. The number of hydrogen-bond acceptors (Lipinski definition) is 2. The van der Waals surface area contributed by atoms with E-state index in [-0.39, 0.29) is 5.91 Å². The number of aromatic nitrogens is 1. The molecule has 0 radical (unpaired) electrons. The summed E-state index contributed by atoms with van der Waals surface area (Å²) in [5, 5.41) is 13.3. The van der Waals surface area contributed by atoms with Crippen LogP contribution in [0.4, 0.5) is 5.82 Å². The Morgan fingerprint density at radius 1 is 1.05 bits per heavy atom. The lowest BCUT2D eigenvalue weighted by Gasteiger charge is -2.18. The van der Waals surface area contributed by atoms with E-state index in [0.29, 0.717) is 24.3 Å². The topological polar surface area (TPSA) is 47.2 Å². The smallest absolute Gasteiger partial charge is 0.309 e. The van der Waals surface area contributed by atoms with E-state index in [1.165, 1.54) is 0 Å². The van der Waals surface area contributed by atoms with Crippen molar-refractivity contribution in [2.45, 2.75) is 25.7 Å². The molecule has 3 rings (SSSR count). The van der Waals surface area contributed by atoms with Crippen molar-refractivity contribution in [3.63, 3.8) is 0 Å². The summed E-state index contributed by atoms with van der Waals surface area (Å²) < 4.78 is 0.874. The minimum absolute atomic E-state index is 0.0531. The van der Waals surface area contributed by atoms with E-state index in [9.17, 15) is 10.0 Å². The largest absolute Gasteiger partial charge is 0.710 e. The van der Waals surface area contributed by atoms with Gasteiger partial charge in [0.05, 0.1) is 6.54 Å². The van der Waals surface area contributed by atoms with Crippen molar-refractivity contribution in [3.05, 3.63) is 41.6 Å². The van der Waals surface area contributed by atoms with Crippen LogP contribution in [-0.2, 0) is 4.79 Å². The van der Waals surface area contributed by atoms with Gasteiger partial charge < -0.3 is 5.21 Å². The molecule has 4 heteroatoms. The Balaban J connectivity index is 2.09. The van der Waals surface area contributed by atoms with E-state index >= 15 is 0 Å². The standard InChI is InChI=1S/C15H16N2O2/c18-15-8-2-1-5-11-16(15)14-10-9-12-6-3-4-7-13(12)17(14)19/h3-4,6-7,9-10H,1-2,5,8,11H2. The maximum atomic E-state index is 12.4. The number of nitrogens with zero attached hydrogens (tertiary/aromatic N) is 2. The number of anilines is 1. The second-order valence-corrected chi connectivity index (χ2v) is 4.90. The Morgan fingerprint density at radius 3 is 2.79 bits per heavy atom. The molecule has 1 fully saturated rings. The molecule has 1 aromatic heterocycles.